The third-order valence-corrected chi connectivity index (χ3v) is 2.63. The fourth-order valence-corrected chi connectivity index (χ4v) is 1.67. The summed E-state index contributed by atoms with van der Waals surface area (Å²) >= 11 is 3.37. The molecule has 1 atom stereocenters. The van der Waals surface area contributed by atoms with Crippen molar-refractivity contribution in [2.24, 2.45) is 11.5 Å². The monoisotopic (exact) mass is 286 g/mol. The van der Waals surface area contributed by atoms with Crippen LogP contribution in [0.15, 0.2) is 22.7 Å². The van der Waals surface area contributed by atoms with Crippen LogP contribution in [-0.4, -0.2) is 18.6 Å². The minimum atomic E-state index is -0.641. The normalized spacial score (nSPS) is 12.2. The molecule has 1 amide bonds. The third-order valence-electron chi connectivity index (χ3n) is 2.14. The molecule has 0 fully saturated rings. The summed E-state index contributed by atoms with van der Waals surface area (Å²) in [7, 11) is 0. The van der Waals surface area contributed by atoms with Gasteiger partial charge in [0.15, 0.2) is 6.10 Å². The van der Waals surface area contributed by atoms with Gasteiger partial charge in [-0.1, -0.05) is 15.9 Å². The number of amides is 1. The number of hydrogen-bond donors (Lipinski definition) is 2. The zero-order valence-corrected chi connectivity index (χ0v) is 10.7. The molecular weight excluding hydrogens is 272 g/mol. The fourth-order valence-electron chi connectivity index (χ4n) is 1.26. The topological polar surface area (TPSA) is 78.3 Å². The van der Waals surface area contributed by atoms with Crippen LogP contribution >= 0.6 is 15.9 Å². The first kappa shape index (κ1) is 13.0. The predicted molar refractivity (Wildman–Crippen MR) is 66.2 cm³/mol. The van der Waals surface area contributed by atoms with Crippen molar-refractivity contribution >= 4 is 21.8 Å². The van der Waals surface area contributed by atoms with E-state index >= 15 is 0 Å². The Balaban J connectivity index is 2.89. The minimum absolute atomic E-state index is 0.485. The van der Waals surface area contributed by atoms with E-state index in [4.69, 9.17) is 16.2 Å². The highest BCUT2D eigenvalue weighted by Crippen LogP contribution is 2.24. The Hall–Kier alpha value is -1.07. The van der Waals surface area contributed by atoms with Crippen LogP contribution in [-0.2, 0) is 11.2 Å². The zero-order valence-electron chi connectivity index (χ0n) is 9.07. The van der Waals surface area contributed by atoms with E-state index in [9.17, 15) is 4.79 Å². The third kappa shape index (κ3) is 3.50. The lowest BCUT2D eigenvalue weighted by Crippen LogP contribution is -2.31. The van der Waals surface area contributed by atoms with Crippen LogP contribution < -0.4 is 16.2 Å². The number of carbonyl (C=O) groups excluding carboxylic acids is 1. The number of carbonyl (C=O) groups is 1. The molecule has 5 heteroatoms. The van der Waals surface area contributed by atoms with Crippen LogP contribution in [0.25, 0.3) is 0 Å². The van der Waals surface area contributed by atoms with Gasteiger partial charge in [-0.3, -0.25) is 4.79 Å². The number of halogens is 1. The molecule has 88 valence electrons. The molecule has 0 spiro atoms. The number of nitrogens with two attached hydrogens (primary N) is 2. The standard InChI is InChI=1S/C11H15BrN2O2/c1-7(11(14)15)16-10-3-2-9(12)6-8(10)4-5-13/h2-3,6-7H,4-5,13H2,1H3,(H2,14,15). The van der Waals surface area contributed by atoms with Crippen molar-refractivity contribution in [3.8, 4) is 5.75 Å². The van der Waals surface area contributed by atoms with Gasteiger partial charge in [0.25, 0.3) is 5.91 Å². The largest absolute Gasteiger partial charge is 0.481 e. The smallest absolute Gasteiger partial charge is 0.258 e. The first-order valence-corrected chi connectivity index (χ1v) is 5.78. The van der Waals surface area contributed by atoms with E-state index in [1.54, 1.807) is 13.0 Å². The van der Waals surface area contributed by atoms with Crippen molar-refractivity contribution in [3.05, 3.63) is 28.2 Å². The molecule has 0 aliphatic heterocycles. The molecule has 0 saturated carbocycles. The van der Waals surface area contributed by atoms with E-state index in [2.05, 4.69) is 15.9 Å². The SMILES string of the molecule is CC(Oc1ccc(Br)cc1CCN)C(N)=O. The maximum absolute atomic E-state index is 10.9. The second-order valence-corrected chi connectivity index (χ2v) is 4.37. The summed E-state index contributed by atoms with van der Waals surface area (Å²) in [4.78, 5) is 10.9. The average Bonchev–Trinajstić information content (AvgIpc) is 2.22. The van der Waals surface area contributed by atoms with Gasteiger partial charge in [0, 0.05) is 4.47 Å². The Bertz CT molecular complexity index is 382. The van der Waals surface area contributed by atoms with Gasteiger partial charge in [0.1, 0.15) is 5.75 Å². The number of benzene rings is 1. The molecule has 1 aromatic rings. The van der Waals surface area contributed by atoms with E-state index in [1.165, 1.54) is 0 Å². The summed E-state index contributed by atoms with van der Waals surface area (Å²) in [5.74, 6) is 0.168. The van der Waals surface area contributed by atoms with Gasteiger partial charge in [0.2, 0.25) is 0 Å². The highest BCUT2D eigenvalue weighted by molar-refractivity contribution is 9.10. The van der Waals surface area contributed by atoms with Crippen LogP contribution in [0.3, 0.4) is 0 Å². The molecule has 4 nitrogen and oxygen atoms in total. The molecule has 0 aromatic heterocycles. The van der Waals surface area contributed by atoms with Crippen LogP contribution in [0.1, 0.15) is 12.5 Å². The second-order valence-electron chi connectivity index (χ2n) is 3.45. The minimum Gasteiger partial charge on any atom is -0.481 e. The van der Waals surface area contributed by atoms with Crippen molar-refractivity contribution in [2.45, 2.75) is 19.4 Å². The summed E-state index contributed by atoms with van der Waals surface area (Å²) < 4.78 is 6.42. The van der Waals surface area contributed by atoms with Gasteiger partial charge in [-0.2, -0.15) is 0 Å². The lowest BCUT2D eigenvalue weighted by Gasteiger charge is -2.15. The Morgan fingerprint density at radius 1 is 1.56 bits per heavy atom. The lowest BCUT2D eigenvalue weighted by atomic mass is 10.1. The average molecular weight is 287 g/mol. The molecule has 4 N–H and O–H groups in total. The highest BCUT2D eigenvalue weighted by Gasteiger charge is 2.12. The van der Waals surface area contributed by atoms with Gasteiger partial charge < -0.3 is 16.2 Å². The molecule has 0 heterocycles. The summed E-state index contributed by atoms with van der Waals surface area (Å²) in [5, 5.41) is 0. The molecule has 1 rings (SSSR count). The number of rotatable bonds is 5. The predicted octanol–water partition coefficient (Wildman–Crippen LogP) is 1.20. The molecule has 0 bridgehead atoms. The Kier molecular flexibility index (Phi) is 4.76. The highest BCUT2D eigenvalue weighted by atomic mass is 79.9. The summed E-state index contributed by atoms with van der Waals surface area (Å²) in [6.07, 6.45) is 0.0537. The molecule has 0 aliphatic carbocycles. The molecule has 1 aromatic carbocycles. The molecule has 0 aliphatic rings. The van der Waals surface area contributed by atoms with Gasteiger partial charge in [-0.05, 0) is 43.7 Å². The maximum atomic E-state index is 10.9. The molecule has 0 radical (unpaired) electrons. The molecule has 1 unspecified atom stereocenters. The lowest BCUT2D eigenvalue weighted by molar-refractivity contribution is -0.123. The molecular formula is C11H15BrN2O2. The van der Waals surface area contributed by atoms with Crippen molar-refractivity contribution in [1.82, 2.24) is 0 Å². The van der Waals surface area contributed by atoms with Crippen molar-refractivity contribution in [3.63, 3.8) is 0 Å². The Labute approximate surface area is 103 Å². The number of ether oxygens (including phenoxy) is 1. The van der Waals surface area contributed by atoms with Crippen LogP contribution in [0.4, 0.5) is 0 Å². The zero-order chi connectivity index (χ0) is 12.1. The maximum Gasteiger partial charge on any atom is 0.258 e. The first-order valence-electron chi connectivity index (χ1n) is 4.99. The van der Waals surface area contributed by atoms with Gasteiger partial charge in [-0.15, -0.1) is 0 Å². The van der Waals surface area contributed by atoms with Crippen LogP contribution in [0.5, 0.6) is 5.75 Å². The quantitative estimate of drug-likeness (QED) is 0.854. The van der Waals surface area contributed by atoms with E-state index in [0.717, 1.165) is 10.0 Å². The Morgan fingerprint density at radius 3 is 2.81 bits per heavy atom. The second kappa shape index (κ2) is 5.86. The van der Waals surface area contributed by atoms with Crippen molar-refractivity contribution in [1.29, 1.82) is 0 Å². The van der Waals surface area contributed by atoms with Gasteiger partial charge >= 0.3 is 0 Å². The van der Waals surface area contributed by atoms with Crippen LogP contribution in [0.2, 0.25) is 0 Å². The first-order chi connectivity index (χ1) is 7.54. The van der Waals surface area contributed by atoms with E-state index in [0.29, 0.717) is 18.7 Å². The summed E-state index contributed by atoms with van der Waals surface area (Å²) in [6, 6.07) is 5.58. The number of primary amides is 1. The number of hydrogen-bond acceptors (Lipinski definition) is 3. The summed E-state index contributed by atoms with van der Waals surface area (Å²) in [6.45, 7) is 2.15. The molecule has 0 saturated heterocycles. The Morgan fingerprint density at radius 2 is 2.25 bits per heavy atom. The molecule has 16 heavy (non-hydrogen) atoms. The van der Waals surface area contributed by atoms with Crippen molar-refractivity contribution in [2.75, 3.05) is 6.54 Å². The van der Waals surface area contributed by atoms with E-state index in [-0.39, 0.29) is 0 Å². The van der Waals surface area contributed by atoms with Crippen LogP contribution in [0, 0.1) is 0 Å². The van der Waals surface area contributed by atoms with E-state index < -0.39 is 12.0 Å². The van der Waals surface area contributed by atoms with Gasteiger partial charge in [0.05, 0.1) is 0 Å². The summed E-state index contributed by atoms with van der Waals surface area (Å²) in [5.41, 5.74) is 11.6. The van der Waals surface area contributed by atoms with E-state index in [1.807, 2.05) is 12.1 Å². The fraction of sp³-hybridized carbons (Fsp3) is 0.364. The van der Waals surface area contributed by atoms with Crippen molar-refractivity contribution < 1.29 is 9.53 Å². The van der Waals surface area contributed by atoms with Gasteiger partial charge in [-0.25, -0.2) is 0 Å².